The van der Waals surface area contributed by atoms with Gasteiger partial charge < -0.3 is 4.90 Å². The number of carbonyl (C=O) groups excluding carboxylic acids is 1. The number of likely N-dealkylation sites (tertiary alicyclic amines) is 2. The molecule has 0 radical (unpaired) electrons. The summed E-state index contributed by atoms with van der Waals surface area (Å²) in [6.45, 7) is 9.68. The fraction of sp³-hybridized carbons (Fsp3) is 0.600. The van der Waals surface area contributed by atoms with Crippen molar-refractivity contribution < 1.29 is 4.79 Å². The molecule has 1 aromatic carbocycles. The topological polar surface area (TPSA) is 41.4 Å². The summed E-state index contributed by atoms with van der Waals surface area (Å²) >= 11 is 0. The van der Waals surface area contributed by atoms with Crippen LogP contribution in [0.2, 0.25) is 0 Å². The Kier molecular flexibility index (Phi) is 6.88. The molecule has 0 atom stereocenters. The van der Waals surface area contributed by atoms with Gasteiger partial charge in [-0.15, -0.1) is 0 Å². The van der Waals surface area contributed by atoms with E-state index in [1.165, 1.54) is 43.5 Å². The monoisotopic (exact) mass is 408 g/mol. The molecule has 1 amide bonds. The molecule has 30 heavy (non-hydrogen) atoms. The van der Waals surface area contributed by atoms with Gasteiger partial charge in [0.1, 0.15) is 6.54 Å². The Morgan fingerprint density at radius 2 is 1.63 bits per heavy atom. The quantitative estimate of drug-likeness (QED) is 0.726. The molecule has 1 aromatic heterocycles. The van der Waals surface area contributed by atoms with Gasteiger partial charge in [-0.3, -0.25) is 14.4 Å². The first-order valence-corrected chi connectivity index (χ1v) is 11.7. The van der Waals surface area contributed by atoms with E-state index in [-0.39, 0.29) is 5.91 Å². The Balaban J connectivity index is 1.22. The standard InChI is InChI=1S/C25H36N4O/c1-20-16-21(2)29(26-20)19-25(30)28-14-10-23(11-15-28)17-22-6-8-24(9-7-22)18-27-12-4-3-5-13-27/h6-9,16,23H,3-5,10-15,17-19H2,1-2H3. The van der Waals surface area contributed by atoms with Gasteiger partial charge >= 0.3 is 0 Å². The number of aromatic nitrogens is 2. The fourth-order valence-corrected chi connectivity index (χ4v) is 4.94. The van der Waals surface area contributed by atoms with Crippen LogP contribution >= 0.6 is 0 Å². The van der Waals surface area contributed by atoms with Crippen molar-refractivity contribution in [3.05, 3.63) is 52.8 Å². The maximum Gasteiger partial charge on any atom is 0.244 e. The second-order valence-corrected chi connectivity index (χ2v) is 9.27. The molecular weight excluding hydrogens is 372 g/mol. The van der Waals surface area contributed by atoms with Gasteiger partial charge in [0.05, 0.1) is 5.69 Å². The molecule has 2 aliphatic heterocycles. The first-order valence-electron chi connectivity index (χ1n) is 11.7. The molecule has 0 spiro atoms. The molecule has 2 fully saturated rings. The number of nitrogens with zero attached hydrogens (tertiary/aromatic N) is 4. The predicted octanol–water partition coefficient (Wildman–Crippen LogP) is 3.97. The number of hydrogen-bond acceptors (Lipinski definition) is 3. The van der Waals surface area contributed by atoms with Crippen LogP contribution in [-0.4, -0.2) is 51.7 Å². The first kappa shape index (κ1) is 21.1. The van der Waals surface area contributed by atoms with Gasteiger partial charge in [0.2, 0.25) is 5.91 Å². The number of benzene rings is 1. The summed E-state index contributed by atoms with van der Waals surface area (Å²) in [6.07, 6.45) is 7.41. The lowest BCUT2D eigenvalue weighted by molar-refractivity contribution is -0.133. The van der Waals surface area contributed by atoms with E-state index in [0.717, 1.165) is 50.3 Å². The molecule has 0 aliphatic carbocycles. The molecule has 5 heteroatoms. The first-order chi connectivity index (χ1) is 14.6. The number of hydrogen-bond donors (Lipinski definition) is 0. The van der Waals surface area contributed by atoms with Crippen LogP contribution < -0.4 is 0 Å². The largest absolute Gasteiger partial charge is 0.341 e. The summed E-state index contributed by atoms with van der Waals surface area (Å²) < 4.78 is 1.83. The fourth-order valence-electron chi connectivity index (χ4n) is 4.94. The average molecular weight is 409 g/mol. The van der Waals surface area contributed by atoms with Crippen LogP contribution in [0, 0.1) is 19.8 Å². The van der Waals surface area contributed by atoms with Crippen LogP contribution in [0.15, 0.2) is 30.3 Å². The Labute approximate surface area is 181 Å². The van der Waals surface area contributed by atoms with Crippen molar-refractivity contribution >= 4 is 5.91 Å². The van der Waals surface area contributed by atoms with Crippen molar-refractivity contribution in [2.24, 2.45) is 5.92 Å². The van der Waals surface area contributed by atoms with E-state index in [1.807, 2.05) is 29.5 Å². The molecule has 4 rings (SSSR count). The van der Waals surface area contributed by atoms with E-state index >= 15 is 0 Å². The number of rotatable bonds is 6. The van der Waals surface area contributed by atoms with Crippen molar-refractivity contribution in [2.75, 3.05) is 26.2 Å². The zero-order chi connectivity index (χ0) is 20.9. The van der Waals surface area contributed by atoms with E-state index in [2.05, 4.69) is 34.3 Å². The SMILES string of the molecule is Cc1cc(C)n(CC(=O)N2CCC(Cc3ccc(CN4CCCCC4)cc3)CC2)n1. The Morgan fingerprint density at radius 1 is 0.967 bits per heavy atom. The van der Waals surface area contributed by atoms with E-state index in [1.54, 1.807) is 0 Å². The predicted molar refractivity (Wildman–Crippen MR) is 120 cm³/mol. The van der Waals surface area contributed by atoms with E-state index in [9.17, 15) is 4.79 Å². The van der Waals surface area contributed by atoms with Crippen LogP contribution in [0.4, 0.5) is 0 Å². The van der Waals surface area contributed by atoms with Gasteiger partial charge in [0.15, 0.2) is 0 Å². The summed E-state index contributed by atoms with van der Waals surface area (Å²) in [5, 5.41) is 4.43. The summed E-state index contributed by atoms with van der Waals surface area (Å²) in [7, 11) is 0. The van der Waals surface area contributed by atoms with Crippen molar-refractivity contribution in [2.45, 2.75) is 65.5 Å². The second-order valence-electron chi connectivity index (χ2n) is 9.27. The molecule has 2 saturated heterocycles. The minimum absolute atomic E-state index is 0.196. The molecule has 0 bridgehead atoms. The molecule has 3 heterocycles. The van der Waals surface area contributed by atoms with Gasteiger partial charge in [0.25, 0.3) is 0 Å². The van der Waals surface area contributed by atoms with Crippen LogP contribution in [0.5, 0.6) is 0 Å². The zero-order valence-electron chi connectivity index (χ0n) is 18.6. The highest BCUT2D eigenvalue weighted by Crippen LogP contribution is 2.23. The van der Waals surface area contributed by atoms with Crippen molar-refractivity contribution in [1.29, 1.82) is 0 Å². The van der Waals surface area contributed by atoms with Crippen molar-refractivity contribution in [3.63, 3.8) is 0 Å². The third kappa shape index (κ3) is 5.51. The number of amides is 1. The highest BCUT2D eigenvalue weighted by molar-refractivity contribution is 5.76. The average Bonchev–Trinajstić information content (AvgIpc) is 3.07. The molecule has 0 unspecified atom stereocenters. The van der Waals surface area contributed by atoms with E-state index in [0.29, 0.717) is 12.5 Å². The third-order valence-corrected chi connectivity index (χ3v) is 6.76. The summed E-state index contributed by atoms with van der Waals surface area (Å²) in [5.41, 5.74) is 4.90. The van der Waals surface area contributed by atoms with Crippen LogP contribution in [0.25, 0.3) is 0 Å². The Hall–Kier alpha value is -2.14. The van der Waals surface area contributed by atoms with Crippen LogP contribution in [0.3, 0.4) is 0 Å². The smallest absolute Gasteiger partial charge is 0.244 e. The number of carbonyl (C=O) groups is 1. The lowest BCUT2D eigenvalue weighted by atomic mass is 9.90. The van der Waals surface area contributed by atoms with Gasteiger partial charge in [-0.2, -0.15) is 5.10 Å². The van der Waals surface area contributed by atoms with Gasteiger partial charge in [-0.25, -0.2) is 0 Å². The highest BCUT2D eigenvalue weighted by Gasteiger charge is 2.23. The lowest BCUT2D eigenvalue weighted by Gasteiger charge is -2.32. The summed E-state index contributed by atoms with van der Waals surface area (Å²) in [6, 6.07) is 11.3. The van der Waals surface area contributed by atoms with Gasteiger partial charge in [0, 0.05) is 25.3 Å². The molecule has 2 aliphatic rings. The maximum atomic E-state index is 12.7. The van der Waals surface area contributed by atoms with Gasteiger partial charge in [-0.1, -0.05) is 30.7 Å². The minimum Gasteiger partial charge on any atom is -0.341 e. The van der Waals surface area contributed by atoms with Gasteiger partial charge in [-0.05, 0) is 82.2 Å². The van der Waals surface area contributed by atoms with Crippen LogP contribution in [-0.2, 0) is 24.3 Å². The van der Waals surface area contributed by atoms with E-state index in [4.69, 9.17) is 0 Å². The molecule has 5 nitrogen and oxygen atoms in total. The molecule has 162 valence electrons. The van der Waals surface area contributed by atoms with E-state index < -0.39 is 0 Å². The molecule has 2 aromatic rings. The number of aryl methyl sites for hydroxylation is 2. The molecular formula is C25H36N4O. The summed E-state index contributed by atoms with van der Waals surface area (Å²) in [5.74, 6) is 0.873. The normalized spacial score (nSPS) is 18.7. The Morgan fingerprint density at radius 3 is 2.27 bits per heavy atom. The number of piperidine rings is 2. The molecule has 0 saturated carbocycles. The maximum absolute atomic E-state index is 12.7. The summed E-state index contributed by atoms with van der Waals surface area (Å²) in [4.78, 5) is 17.3. The second kappa shape index (κ2) is 9.78. The van der Waals surface area contributed by atoms with Crippen molar-refractivity contribution in [3.8, 4) is 0 Å². The molecule has 0 N–H and O–H groups in total. The zero-order valence-corrected chi connectivity index (χ0v) is 18.6. The van der Waals surface area contributed by atoms with Crippen LogP contribution in [0.1, 0.15) is 54.6 Å². The minimum atomic E-state index is 0.196. The highest BCUT2D eigenvalue weighted by atomic mass is 16.2. The van der Waals surface area contributed by atoms with Crippen molar-refractivity contribution in [1.82, 2.24) is 19.6 Å². The Bertz CT molecular complexity index is 827. The lowest BCUT2D eigenvalue weighted by Crippen LogP contribution is -2.40. The third-order valence-electron chi connectivity index (χ3n) is 6.76.